The zero-order valence-corrected chi connectivity index (χ0v) is 18.8. The SMILES string of the molecule is CCc1ccc(NC(=O)c2ccc3c(c2)CCN3S(=O)(=O)c2ccc(Br)cc2)cc1. The third-order valence-corrected chi connectivity index (χ3v) is 7.57. The van der Waals surface area contributed by atoms with Crippen LogP contribution in [0, 0.1) is 0 Å². The minimum atomic E-state index is -3.65. The summed E-state index contributed by atoms with van der Waals surface area (Å²) in [4.78, 5) is 12.9. The Labute approximate surface area is 184 Å². The lowest BCUT2D eigenvalue weighted by Crippen LogP contribution is -2.29. The predicted molar refractivity (Wildman–Crippen MR) is 123 cm³/mol. The zero-order chi connectivity index (χ0) is 21.3. The van der Waals surface area contributed by atoms with E-state index in [2.05, 4.69) is 28.2 Å². The van der Waals surface area contributed by atoms with Gasteiger partial charge in [-0.3, -0.25) is 9.10 Å². The second-order valence-corrected chi connectivity index (χ2v) is 9.91. The van der Waals surface area contributed by atoms with E-state index in [0.29, 0.717) is 24.2 Å². The van der Waals surface area contributed by atoms with Gasteiger partial charge in [0.05, 0.1) is 10.6 Å². The molecule has 0 unspecified atom stereocenters. The molecule has 0 spiro atoms. The number of hydrogen-bond acceptors (Lipinski definition) is 3. The molecule has 0 saturated carbocycles. The smallest absolute Gasteiger partial charge is 0.264 e. The lowest BCUT2D eigenvalue weighted by atomic mass is 10.1. The van der Waals surface area contributed by atoms with Crippen molar-refractivity contribution in [1.29, 1.82) is 0 Å². The van der Waals surface area contributed by atoms with Crippen molar-refractivity contribution in [2.75, 3.05) is 16.2 Å². The zero-order valence-electron chi connectivity index (χ0n) is 16.4. The van der Waals surface area contributed by atoms with E-state index in [1.54, 1.807) is 42.5 Å². The van der Waals surface area contributed by atoms with Crippen molar-refractivity contribution in [3.63, 3.8) is 0 Å². The largest absolute Gasteiger partial charge is 0.322 e. The van der Waals surface area contributed by atoms with Gasteiger partial charge in [-0.1, -0.05) is 35.0 Å². The van der Waals surface area contributed by atoms with Gasteiger partial charge in [0.1, 0.15) is 0 Å². The Morgan fingerprint density at radius 3 is 2.40 bits per heavy atom. The Bertz CT molecular complexity index is 1190. The van der Waals surface area contributed by atoms with Crippen LogP contribution in [0.25, 0.3) is 0 Å². The summed E-state index contributed by atoms with van der Waals surface area (Å²) in [7, 11) is -3.65. The monoisotopic (exact) mass is 484 g/mol. The average Bonchev–Trinajstić information content (AvgIpc) is 3.18. The molecule has 3 aromatic carbocycles. The molecular weight excluding hydrogens is 464 g/mol. The number of amides is 1. The van der Waals surface area contributed by atoms with Crippen molar-refractivity contribution in [1.82, 2.24) is 0 Å². The van der Waals surface area contributed by atoms with Gasteiger partial charge in [-0.05, 0) is 78.6 Å². The second-order valence-electron chi connectivity index (χ2n) is 7.13. The summed E-state index contributed by atoms with van der Waals surface area (Å²) in [5, 5.41) is 2.90. The van der Waals surface area contributed by atoms with Gasteiger partial charge in [-0.15, -0.1) is 0 Å². The van der Waals surface area contributed by atoms with Gasteiger partial charge >= 0.3 is 0 Å². The molecule has 1 aliphatic rings. The molecule has 0 aliphatic carbocycles. The normalized spacial score (nSPS) is 13.2. The van der Waals surface area contributed by atoms with Crippen molar-refractivity contribution < 1.29 is 13.2 Å². The molecule has 0 aromatic heterocycles. The van der Waals surface area contributed by atoms with Crippen LogP contribution in [0.3, 0.4) is 0 Å². The third kappa shape index (κ3) is 4.00. The van der Waals surface area contributed by atoms with E-state index in [0.717, 1.165) is 22.1 Å². The number of benzene rings is 3. The fourth-order valence-corrected chi connectivity index (χ4v) is 5.29. The number of nitrogens with zero attached hydrogens (tertiary/aromatic N) is 1. The van der Waals surface area contributed by atoms with Crippen LogP contribution in [-0.2, 0) is 22.9 Å². The van der Waals surface area contributed by atoms with Crippen LogP contribution in [-0.4, -0.2) is 20.9 Å². The number of aryl methyl sites for hydroxylation is 1. The third-order valence-electron chi connectivity index (χ3n) is 5.22. The van der Waals surface area contributed by atoms with Gasteiger partial charge in [-0.2, -0.15) is 0 Å². The van der Waals surface area contributed by atoms with Crippen molar-refractivity contribution in [2.24, 2.45) is 0 Å². The number of fused-ring (bicyclic) bond motifs is 1. The Kier molecular flexibility index (Phi) is 5.66. The van der Waals surface area contributed by atoms with E-state index in [1.165, 1.54) is 9.87 Å². The topological polar surface area (TPSA) is 66.5 Å². The first-order valence-electron chi connectivity index (χ1n) is 9.70. The number of anilines is 2. The van der Waals surface area contributed by atoms with E-state index < -0.39 is 10.0 Å². The molecule has 0 fully saturated rings. The van der Waals surface area contributed by atoms with Gasteiger partial charge in [0.15, 0.2) is 0 Å². The molecule has 154 valence electrons. The van der Waals surface area contributed by atoms with Crippen LogP contribution in [0.5, 0.6) is 0 Å². The molecule has 7 heteroatoms. The molecule has 3 aromatic rings. The van der Waals surface area contributed by atoms with Crippen molar-refractivity contribution in [3.8, 4) is 0 Å². The number of nitrogens with one attached hydrogen (secondary N) is 1. The molecule has 4 rings (SSSR count). The van der Waals surface area contributed by atoms with Gasteiger partial charge in [0, 0.05) is 22.3 Å². The van der Waals surface area contributed by atoms with Gasteiger partial charge in [0.2, 0.25) is 0 Å². The summed E-state index contributed by atoms with van der Waals surface area (Å²) in [6.07, 6.45) is 1.51. The number of halogens is 1. The first kappa shape index (κ1) is 20.6. The maximum Gasteiger partial charge on any atom is 0.264 e. The lowest BCUT2D eigenvalue weighted by molar-refractivity contribution is 0.102. The molecule has 1 aliphatic heterocycles. The predicted octanol–water partition coefficient (Wildman–Crippen LogP) is 5.02. The highest BCUT2D eigenvalue weighted by Gasteiger charge is 2.31. The van der Waals surface area contributed by atoms with Gasteiger partial charge < -0.3 is 5.32 Å². The van der Waals surface area contributed by atoms with Crippen LogP contribution >= 0.6 is 15.9 Å². The van der Waals surface area contributed by atoms with E-state index in [1.807, 2.05) is 24.3 Å². The molecule has 1 amide bonds. The molecular formula is C23H21BrN2O3S. The Morgan fingerprint density at radius 2 is 1.73 bits per heavy atom. The number of rotatable bonds is 5. The van der Waals surface area contributed by atoms with Crippen LogP contribution in [0.2, 0.25) is 0 Å². The highest BCUT2D eigenvalue weighted by molar-refractivity contribution is 9.10. The van der Waals surface area contributed by atoms with Gasteiger partial charge in [-0.25, -0.2) is 8.42 Å². The Balaban J connectivity index is 1.55. The van der Waals surface area contributed by atoms with E-state index in [9.17, 15) is 13.2 Å². The number of carbonyl (C=O) groups is 1. The summed E-state index contributed by atoms with van der Waals surface area (Å²) < 4.78 is 28.3. The van der Waals surface area contributed by atoms with Crippen LogP contribution in [0.4, 0.5) is 11.4 Å². The molecule has 0 atom stereocenters. The minimum absolute atomic E-state index is 0.212. The number of carbonyl (C=O) groups excluding carboxylic acids is 1. The molecule has 5 nitrogen and oxygen atoms in total. The highest BCUT2D eigenvalue weighted by Crippen LogP contribution is 2.34. The fraction of sp³-hybridized carbons (Fsp3) is 0.174. The van der Waals surface area contributed by atoms with E-state index in [4.69, 9.17) is 0 Å². The first-order valence-corrected chi connectivity index (χ1v) is 11.9. The lowest BCUT2D eigenvalue weighted by Gasteiger charge is -2.20. The molecule has 30 heavy (non-hydrogen) atoms. The fourth-order valence-electron chi connectivity index (χ4n) is 3.52. The number of hydrogen-bond donors (Lipinski definition) is 1. The summed E-state index contributed by atoms with van der Waals surface area (Å²) in [5.74, 6) is -0.212. The maximum atomic E-state index is 13.1. The molecule has 1 N–H and O–H groups in total. The number of sulfonamides is 1. The first-order chi connectivity index (χ1) is 14.4. The molecule has 0 radical (unpaired) electrons. The van der Waals surface area contributed by atoms with Crippen LogP contribution in [0.1, 0.15) is 28.4 Å². The quantitative estimate of drug-likeness (QED) is 0.552. The minimum Gasteiger partial charge on any atom is -0.322 e. The second kappa shape index (κ2) is 8.24. The maximum absolute atomic E-state index is 13.1. The van der Waals surface area contributed by atoms with E-state index >= 15 is 0 Å². The van der Waals surface area contributed by atoms with Crippen molar-refractivity contribution in [2.45, 2.75) is 24.7 Å². The molecule has 1 heterocycles. The van der Waals surface area contributed by atoms with Crippen molar-refractivity contribution in [3.05, 3.63) is 87.9 Å². The summed E-state index contributed by atoms with van der Waals surface area (Å²) >= 11 is 3.33. The Morgan fingerprint density at radius 1 is 1.03 bits per heavy atom. The van der Waals surface area contributed by atoms with E-state index in [-0.39, 0.29) is 10.8 Å². The van der Waals surface area contributed by atoms with Crippen molar-refractivity contribution >= 4 is 43.2 Å². The van der Waals surface area contributed by atoms with Crippen LogP contribution in [0.15, 0.2) is 76.1 Å². The highest BCUT2D eigenvalue weighted by atomic mass is 79.9. The average molecular weight is 485 g/mol. The van der Waals surface area contributed by atoms with Gasteiger partial charge in [0.25, 0.3) is 15.9 Å². The summed E-state index contributed by atoms with van der Waals surface area (Å²) in [6.45, 7) is 2.44. The standard InChI is InChI=1S/C23H21BrN2O3S/c1-2-16-3-8-20(9-4-16)25-23(27)18-5-12-22-17(15-18)13-14-26(22)30(28,29)21-10-6-19(24)7-11-21/h3-12,15H,2,13-14H2,1H3,(H,25,27). The summed E-state index contributed by atoms with van der Waals surface area (Å²) in [6, 6.07) is 19.5. The Hall–Kier alpha value is -2.64. The summed E-state index contributed by atoms with van der Waals surface area (Å²) in [5.41, 5.74) is 3.93. The molecule has 0 saturated heterocycles. The molecule has 0 bridgehead atoms. The van der Waals surface area contributed by atoms with Crippen LogP contribution < -0.4 is 9.62 Å².